The number of ether oxygens (including phenoxy) is 2. The molecule has 0 atom stereocenters. The molecule has 0 saturated heterocycles. The van der Waals surface area contributed by atoms with Gasteiger partial charge in [-0.3, -0.25) is 4.79 Å². The van der Waals surface area contributed by atoms with Crippen molar-refractivity contribution in [2.45, 2.75) is 6.92 Å². The molecule has 100 valence electrons. The molecule has 3 nitrogen and oxygen atoms in total. The van der Waals surface area contributed by atoms with Crippen LogP contribution in [0, 0.1) is 6.92 Å². The first-order chi connectivity index (χ1) is 9.08. The van der Waals surface area contributed by atoms with Crippen molar-refractivity contribution in [3.05, 3.63) is 44.6 Å². The van der Waals surface area contributed by atoms with Gasteiger partial charge in [0.05, 0.1) is 23.4 Å². The van der Waals surface area contributed by atoms with Gasteiger partial charge in [0.2, 0.25) is 5.78 Å². The summed E-state index contributed by atoms with van der Waals surface area (Å²) in [6.45, 7) is 1.87. The highest BCUT2D eigenvalue weighted by Gasteiger charge is 2.21. The third kappa shape index (κ3) is 2.60. The number of hydrogen-bond donors (Lipinski definition) is 0. The smallest absolute Gasteiger partial charge is 0.210 e. The number of ketones is 1. The molecule has 0 aliphatic rings. The molecular formula is C14H13ClO3S. The first kappa shape index (κ1) is 13.9. The van der Waals surface area contributed by atoms with Crippen LogP contribution in [-0.4, -0.2) is 20.0 Å². The molecule has 0 spiro atoms. The van der Waals surface area contributed by atoms with Gasteiger partial charge in [0.1, 0.15) is 17.1 Å². The zero-order valence-electron chi connectivity index (χ0n) is 10.8. The van der Waals surface area contributed by atoms with E-state index in [0.29, 0.717) is 26.3 Å². The fourth-order valence-corrected chi connectivity index (χ4v) is 2.92. The van der Waals surface area contributed by atoms with Gasteiger partial charge < -0.3 is 9.47 Å². The number of rotatable bonds is 4. The van der Waals surface area contributed by atoms with Crippen molar-refractivity contribution < 1.29 is 14.3 Å². The summed E-state index contributed by atoms with van der Waals surface area (Å²) in [4.78, 5) is 13.1. The van der Waals surface area contributed by atoms with E-state index in [1.807, 2.05) is 6.92 Å². The summed E-state index contributed by atoms with van der Waals surface area (Å²) in [7, 11) is 3.05. The molecule has 0 aliphatic carbocycles. The van der Waals surface area contributed by atoms with Crippen LogP contribution in [0.4, 0.5) is 0 Å². The predicted molar refractivity (Wildman–Crippen MR) is 77.0 cm³/mol. The Bertz CT molecular complexity index is 577. The van der Waals surface area contributed by atoms with Crippen LogP contribution in [0.5, 0.6) is 11.5 Å². The van der Waals surface area contributed by atoms with Gasteiger partial charge in [-0.1, -0.05) is 17.7 Å². The Hall–Kier alpha value is -1.52. The monoisotopic (exact) mass is 296 g/mol. The van der Waals surface area contributed by atoms with Crippen LogP contribution in [0.25, 0.3) is 0 Å². The molecule has 0 N–H and O–H groups in total. The lowest BCUT2D eigenvalue weighted by Gasteiger charge is -2.11. The summed E-state index contributed by atoms with van der Waals surface area (Å²) in [5.74, 6) is 0.840. The minimum atomic E-state index is -0.144. The van der Waals surface area contributed by atoms with Crippen molar-refractivity contribution in [1.29, 1.82) is 0 Å². The van der Waals surface area contributed by atoms with Crippen molar-refractivity contribution in [3.8, 4) is 11.5 Å². The number of aryl methyl sites for hydroxylation is 1. The standard InChI is InChI=1S/C14H13ClO3S/c1-8-7-11(19-14(8)15)13(16)12-9(17-2)5-4-6-10(12)18-3/h4-7H,1-3H3. The fraction of sp³-hybridized carbons (Fsp3) is 0.214. The highest BCUT2D eigenvalue weighted by molar-refractivity contribution is 7.18. The van der Waals surface area contributed by atoms with E-state index in [9.17, 15) is 4.79 Å². The Morgan fingerprint density at radius 1 is 1.21 bits per heavy atom. The van der Waals surface area contributed by atoms with Gasteiger partial charge in [-0.15, -0.1) is 11.3 Å². The summed E-state index contributed by atoms with van der Waals surface area (Å²) in [6.07, 6.45) is 0. The Morgan fingerprint density at radius 3 is 2.21 bits per heavy atom. The van der Waals surface area contributed by atoms with Crippen LogP contribution < -0.4 is 9.47 Å². The van der Waals surface area contributed by atoms with Crippen LogP contribution in [0.2, 0.25) is 4.34 Å². The van der Waals surface area contributed by atoms with E-state index >= 15 is 0 Å². The maximum Gasteiger partial charge on any atom is 0.210 e. The highest BCUT2D eigenvalue weighted by atomic mass is 35.5. The molecule has 1 heterocycles. The summed E-state index contributed by atoms with van der Waals surface area (Å²) >= 11 is 7.27. The Kier molecular flexibility index (Phi) is 4.12. The van der Waals surface area contributed by atoms with Crippen LogP contribution in [0.3, 0.4) is 0 Å². The average Bonchev–Trinajstić information content (AvgIpc) is 2.76. The van der Waals surface area contributed by atoms with Gasteiger partial charge in [-0.25, -0.2) is 0 Å². The number of benzene rings is 1. The summed E-state index contributed by atoms with van der Waals surface area (Å²) < 4.78 is 11.1. The predicted octanol–water partition coefficient (Wildman–Crippen LogP) is 3.96. The number of hydrogen-bond acceptors (Lipinski definition) is 4. The third-order valence-corrected chi connectivity index (χ3v) is 4.29. The van der Waals surface area contributed by atoms with E-state index in [2.05, 4.69) is 0 Å². The molecule has 2 rings (SSSR count). The average molecular weight is 297 g/mol. The Morgan fingerprint density at radius 2 is 1.79 bits per heavy atom. The molecule has 0 radical (unpaired) electrons. The number of halogens is 1. The zero-order chi connectivity index (χ0) is 14.0. The van der Waals surface area contributed by atoms with Gasteiger partial charge in [0.15, 0.2) is 0 Å². The molecule has 0 aliphatic heterocycles. The molecule has 1 aromatic heterocycles. The van der Waals surface area contributed by atoms with Crippen LogP contribution >= 0.6 is 22.9 Å². The van der Waals surface area contributed by atoms with Crippen molar-refractivity contribution in [2.75, 3.05) is 14.2 Å². The topological polar surface area (TPSA) is 35.5 Å². The lowest BCUT2D eigenvalue weighted by Crippen LogP contribution is -2.05. The molecule has 0 saturated carbocycles. The van der Waals surface area contributed by atoms with Gasteiger partial charge >= 0.3 is 0 Å². The first-order valence-corrected chi connectivity index (χ1v) is 6.79. The SMILES string of the molecule is COc1cccc(OC)c1C(=O)c1cc(C)c(Cl)s1. The number of carbonyl (C=O) groups excluding carboxylic acids is 1. The molecule has 0 amide bonds. The second-order valence-corrected chi connectivity index (χ2v) is 5.59. The lowest BCUT2D eigenvalue weighted by molar-refractivity contribution is 0.103. The maximum absolute atomic E-state index is 12.6. The second-order valence-electron chi connectivity index (χ2n) is 3.93. The first-order valence-electron chi connectivity index (χ1n) is 5.60. The van der Waals surface area contributed by atoms with E-state index in [0.717, 1.165) is 5.56 Å². The lowest BCUT2D eigenvalue weighted by atomic mass is 10.1. The number of carbonyl (C=O) groups is 1. The largest absolute Gasteiger partial charge is 0.496 e. The van der Waals surface area contributed by atoms with Crippen molar-refractivity contribution >= 4 is 28.7 Å². The summed E-state index contributed by atoms with van der Waals surface area (Å²) in [5, 5.41) is 0. The van der Waals surface area contributed by atoms with Gasteiger partial charge in [-0.05, 0) is 30.7 Å². The van der Waals surface area contributed by atoms with E-state index in [-0.39, 0.29) is 5.78 Å². The molecular weight excluding hydrogens is 284 g/mol. The van der Waals surface area contributed by atoms with Crippen molar-refractivity contribution in [3.63, 3.8) is 0 Å². The molecule has 0 fully saturated rings. The van der Waals surface area contributed by atoms with Gasteiger partial charge in [0.25, 0.3) is 0 Å². The second kappa shape index (κ2) is 5.63. The van der Waals surface area contributed by atoms with Crippen LogP contribution in [0.1, 0.15) is 20.8 Å². The number of thiophene rings is 1. The fourth-order valence-electron chi connectivity index (χ4n) is 1.77. The van der Waals surface area contributed by atoms with Crippen LogP contribution in [0.15, 0.2) is 24.3 Å². The quantitative estimate of drug-likeness (QED) is 0.801. The van der Waals surface area contributed by atoms with E-state index < -0.39 is 0 Å². The molecule has 0 unspecified atom stereocenters. The zero-order valence-corrected chi connectivity index (χ0v) is 12.4. The van der Waals surface area contributed by atoms with E-state index in [1.54, 1.807) is 24.3 Å². The highest BCUT2D eigenvalue weighted by Crippen LogP contribution is 2.34. The van der Waals surface area contributed by atoms with E-state index in [1.165, 1.54) is 25.6 Å². The maximum atomic E-state index is 12.6. The van der Waals surface area contributed by atoms with Crippen molar-refractivity contribution in [1.82, 2.24) is 0 Å². The summed E-state index contributed by atoms with van der Waals surface area (Å²) in [6, 6.07) is 7.03. The van der Waals surface area contributed by atoms with Crippen LogP contribution in [-0.2, 0) is 0 Å². The molecule has 2 aromatic rings. The van der Waals surface area contributed by atoms with Crippen molar-refractivity contribution in [2.24, 2.45) is 0 Å². The van der Waals surface area contributed by atoms with Gasteiger partial charge in [-0.2, -0.15) is 0 Å². The molecule has 19 heavy (non-hydrogen) atoms. The molecule has 5 heteroatoms. The molecule has 1 aromatic carbocycles. The van der Waals surface area contributed by atoms with E-state index in [4.69, 9.17) is 21.1 Å². The Balaban J connectivity index is 2.54. The molecule has 0 bridgehead atoms. The summed E-state index contributed by atoms with van der Waals surface area (Å²) in [5.41, 5.74) is 1.31. The van der Waals surface area contributed by atoms with Gasteiger partial charge in [0, 0.05) is 0 Å². The normalized spacial score (nSPS) is 10.3. The number of methoxy groups -OCH3 is 2. The Labute approximate surface area is 120 Å². The minimum absolute atomic E-state index is 0.144. The minimum Gasteiger partial charge on any atom is -0.496 e. The third-order valence-electron chi connectivity index (χ3n) is 2.74.